The monoisotopic (exact) mass is 322 g/mol. The fourth-order valence-electron chi connectivity index (χ4n) is 2.74. The van der Waals surface area contributed by atoms with Gasteiger partial charge in [-0.05, 0) is 40.5 Å². The van der Waals surface area contributed by atoms with Crippen molar-refractivity contribution in [3.8, 4) is 0 Å². The standard InChI is InChI=1S/C16H26N4O3/c1-15(2,3)20-13(17)8-11(19-20)12-7-10(9-22-12)23-14(21)18-16(4)5-6-16/h8,10,12H,5-7,9,17H2,1-4H3,(H,18,21)/t10-,12?/m1/s1. The van der Waals surface area contributed by atoms with Crippen molar-refractivity contribution in [1.82, 2.24) is 15.1 Å². The van der Waals surface area contributed by atoms with Gasteiger partial charge in [0.15, 0.2) is 0 Å². The van der Waals surface area contributed by atoms with Gasteiger partial charge in [0.2, 0.25) is 0 Å². The number of rotatable bonds is 3. The topological polar surface area (TPSA) is 91.4 Å². The highest BCUT2D eigenvalue weighted by Crippen LogP contribution is 2.35. The number of anilines is 1. The summed E-state index contributed by atoms with van der Waals surface area (Å²) in [6.45, 7) is 8.54. The minimum Gasteiger partial charge on any atom is -0.444 e. The van der Waals surface area contributed by atoms with E-state index in [0.29, 0.717) is 18.8 Å². The zero-order valence-corrected chi connectivity index (χ0v) is 14.3. The summed E-state index contributed by atoms with van der Waals surface area (Å²) >= 11 is 0. The molecule has 1 saturated heterocycles. The van der Waals surface area contributed by atoms with Crippen LogP contribution in [0, 0.1) is 0 Å². The second-order valence-corrected chi connectivity index (χ2v) is 7.85. The van der Waals surface area contributed by atoms with Crippen molar-refractivity contribution in [1.29, 1.82) is 0 Å². The van der Waals surface area contributed by atoms with Crippen molar-refractivity contribution in [3.05, 3.63) is 11.8 Å². The summed E-state index contributed by atoms with van der Waals surface area (Å²) in [5.41, 5.74) is 6.57. The Labute approximate surface area is 136 Å². The number of nitrogens with one attached hydrogen (secondary N) is 1. The lowest BCUT2D eigenvalue weighted by Crippen LogP contribution is -2.37. The van der Waals surface area contributed by atoms with Gasteiger partial charge in [-0.15, -0.1) is 0 Å². The van der Waals surface area contributed by atoms with E-state index in [4.69, 9.17) is 15.2 Å². The maximum atomic E-state index is 11.9. The Balaban J connectivity index is 1.58. The Morgan fingerprint density at radius 2 is 2.22 bits per heavy atom. The zero-order valence-electron chi connectivity index (χ0n) is 14.3. The molecule has 1 aliphatic carbocycles. The maximum absolute atomic E-state index is 11.9. The lowest BCUT2D eigenvalue weighted by Gasteiger charge is -2.20. The van der Waals surface area contributed by atoms with Crippen LogP contribution in [-0.4, -0.2) is 34.1 Å². The fourth-order valence-corrected chi connectivity index (χ4v) is 2.74. The van der Waals surface area contributed by atoms with Gasteiger partial charge < -0.3 is 20.5 Å². The number of amides is 1. The van der Waals surface area contributed by atoms with Crippen LogP contribution in [0.4, 0.5) is 10.6 Å². The number of ether oxygens (including phenoxy) is 2. The number of carbonyl (C=O) groups excluding carboxylic acids is 1. The van der Waals surface area contributed by atoms with Gasteiger partial charge >= 0.3 is 6.09 Å². The van der Waals surface area contributed by atoms with E-state index >= 15 is 0 Å². The lowest BCUT2D eigenvalue weighted by molar-refractivity contribution is 0.0672. The van der Waals surface area contributed by atoms with E-state index in [9.17, 15) is 4.79 Å². The molecule has 1 unspecified atom stereocenters. The van der Waals surface area contributed by atoms with Gasteiger partial charge in [0.05, 0.1) is 17.8 Å². The number of hydrogen-bond acceptors (Lipinski definition) is 5. The predicted molar refractivity (Wildman–Crippen MR) is 86.0 cm³/mol. The van der Waals surface area contributed by atoms with E-state index in [1.54, 1.807) is 4.68 Å². The Morgan fingerprint density at radius 1 is 1.52 bits per heavy atom. The predicted octanol–water partition coefficient (Wildman–Crippen LogP) is 2.33. The van der Waals surface area contributed by atoms with Gasteiger partial charge in [-0.1, -0.05) is 0 Å². The number of carbonyl (C=O) groups is 1. The first-order valence-electron chi connectivity index (χ1n) is 8.13. The largest absolute Gasteiger partial charge is 0.444 e. The molecule has 2 aliphatic rings. The number of hydrogen-bond donors (Lipinski definition) is 2. The van der Waals surface area contributed by atoms with Gasteiger partial charge in [-0.3, -0.25) is 0 Å². The van der Waals surface area contributed by atoms with Gasteiger partial charge in [0.25, 0.3) is 0 Å². The van der Waals surface area contributed by atoms with Gasteiger partial charge in [0, 0.05) is 18.0 Å². The van der Waals surface area contributed by atoms with Crippen LogP contribution in [0.15, 0.2) is 6.07 Å². The maximum Gasteiger partial charge on any atom is 0.407 e. The smallest absolute Gasteiger partial charge is 0.407 e. The average molecular weight is 322 g/mol. The Morgan fingerprint density at radius 3 is 2.78 bits per heavy atom. The molecule has 23 heavy (non-hydrogen) atoms. The first-order chi connectivity index (χ1) is 10.7. The number of aromatic nitrogens is 2. The van der Waals surface area contributed by atoms with Crippen molar-refractivity contribution < 1.29 is 14.3 Å². The van der Waals surface area contributed by atoms with Crippen LogP contribution in [0.2, 0.25) is 0 Å². The first kappa shape index (κ1) is 16.1. The summed E-state index contributed by atoms with van der Waals surface area (Å²) in [4.78, 5) is 11.9. The van der Waals surface area contributed by atoms with Crippen LogP contribution in [0.25, 0.3) is 0 Å². The van der Waals surface area contributed by atoms with E-state index in [1.165, 1.54) is 0 Å². The number of nitrogens with zero attached hydrogens (tertiary/aromatic N) is 2. The average Bonchev–Trinajstić information content (AvgIpc) is 2.86. The summed E-state index contributed by atoms with van der Waals surface area (Å²) in [5, 5.41) is 7.45. The molecule has 3 rings (SSSR count). The van der Waals surface area contributed by atoms with Crippen molar-refractivity contribution in [2.75, 3.05) is 12.3 Å². The quantitative estimate of drug-likeness (QED) is 0.891. The summed E-state index contributed by atoms with van der Waals surface area (Å²) in [6, 6.07) is 1.84. The van der Waals surface area contributed by atoms with Crippen LogP contribution in [-0.2, 0) is 15.0 Å². The second kappa shape index (κ2) is 5.40. The highest BCUT2D eigenvalue weighted by Gasteiger charge is 2.40. The van der Waals surface area contributed by atoms with Crippen LogP contribution >= 0.6 is 0 Å². The second-order valence-electron chi connectivity index (χ2n) is 7.85. The number of nitrogens with two attached hydrogens (primary N) is 1. The first-order valence-corrected chi connectivity index (χ1v) is 8.13. The van der Waals surface area contributed by atoms with Gasteiger partial charge in [0.1, 0.15) is 18.0 Å². The molecule has 7 heteroatoms. The molecular weight excluding hydrogens is 296 g/mol. The van der Waals surface area contributed by atoms with E-state index < -0.39 is 0 Å². The van der Waals surface area contributed by atoms with E-state index in [0.717, 1.165) is 18.5 Å². The van der Waals surface area contributed by atoms with Gasteiger partial charge in [-0.2, -0.15) is 5.10 Å². The van der Waals surface area contributed by atoms with Gasteiger partial charge in [-0.25, -0.2) is 9.48 Å². The summed E-state index contributed by atoms with van der Waals surface area (Å²) in [5.74, 6) is 0.611. The van der Waals surface area contributed by atoms with E-state index in [-0.39, 0.29) is 29.4 Å². The van der Waals surface area contributed by atoms with Crippen LogP contribution in [0.1, 0.15) is 58.8 Å². The van der Waals surface area contributed by atoms with Crippen molar-refractivity contribution >= 4 is 11.9 Å². The van der Waals surface area contributed by atoms with Crippen molar-refractivity contribution in [3.63, 3.8) is 0 Å². The zero-order chi connectivity index (χ0) is 16.8. The molecule has 1 saturated carbocycles. The van der Waals surface area contributed by atoms with Crippen molar-refractivity contribution in [2.24, 2.45) is 0 Å². The molecule has 0 radical (unpaired) electrons. The molecule has 128 valence electrons. The molecule has 0 aromatic carbocycles. The summed E-state index contributed by atoms with van der Waals surface area (Å²) < 4.78 is 13.0. The SMILES string of the molecule is CC1(NC(=O)O[C@H]2COC(c3cc(N)n(C(C)(C)C)n3)C2)CC1. The van der Waals surface area contributed by atoms with Crippen LogP contribution in [0.3, 0.4) is 0 Å². The summed E-state index contributed by atoms with van der Waals surface area (Å²) in [7, 11) is 0. The molecule has 0 bridgehead atoms. The normalized spacial score (nSPS) is 26.1. The molecule has 1 aromatic heterocycles. The highest BCUT2D eigenvalue weighted by atomic mass is 16.6. The number of alkyl carbamates (subject to hydrolysis) is 1. The number of nitrogen functional groups attached to an aromatic ring is 1. The van der Waals surface area contributed by atoms with Crippen molar-refractivity contribution in [2.45, 2.75) is 70.2 Å². The molecular formula is C16H26N4O3. The van der Waals surface area contributed by atoms with E-state index in [2.05, 4.69) is 10.4 Å². The third-order valence-corrected chi connectivity index (χ3v) is 4.36. The molecule has 2 heterocycles. The highest BCUT2D eigenvalue weighted by molar-refractivity contribution is 5.69. The molecule has 1 aromatic rings. The molecule has 3 N–H and O–H groups in total. The Bertz CT molecular complexity index is 601. The van der Waals surface area contributed by atoms with Crippen LogP contribution < -0.4 is 11.1 Å². The molecule has 1 aliphatic heterocycles. The van der Waals surface area contributed by atoms with E-state index in [1.807, 2.05) is 33.8 Å². The molecule has 7 nitrogen and oxygen atoms in total. The molecule has 2 atom stereocenters. The fraction of sp³-hybridized carbons (Fsp3) is 0.750. The lowest BCUT2D eigenvalue weighted by atomic mass is 10.1. The molecule has 2 fully saturated rings. The minimum atomic E-state index is -0.362. The Kier molecular flexibility index (Phi) is 3.78. The van der Waals surface area contributed by atoms with Crippen LogP contribution in [0.5, 0.6) is 0 Å². The Hall–Kier alpha value is -1.76. The molecule has 1 amide bonds. The minimum absolute atomic E-state index is 0.0735. The third kappa shape index (κ3) is 3.60. The third-order valence-electron chi connectivity index (χ3n) is 4.36. The molecule has 0 spiro atoms. The summed E-state index contributed by atoms with van der Waals surface area (Å²) in [6.07, 6.45) is 1.83.